The summed E-state index contributed by atoms with van der Waals surface area (Å²) in [5.41, 5.74) is 6.29. The van der Waals surface area contributed by atoms with E-state index < -0.39 is 6.04 Å². The summed E-state index contributed by atoms with van der Waals surface area (Å²) in [5, 5.41) is 11.8. The van der Waals surface area contributed by atoms with Crippen molar-refractivity contribution < 1.29 is 9.90 Å². The minimum absolute atomic E-state index is 0.136. The molecule has 15 heavy (non-hydrogen) atoms. The van der Waals surface area contributed by atoms with E-state index in [2.05, 4.69) is 5.32 Å². The second-order valence-electron chi connectivity index (χ2n) is 3.44. The molecule has 2 atom stereocenters. The van der Waals surface area contributed by atoms with E-state index in [0.29, 0.717) is 0 Å². The lowest BCUT2D eigenvalue weighted by Crippen LogP contribution is -2.41. The molecule has 0 aromatic heterocycles. The molecule has 0 saturated carbocycles. The van der Waals surface area contributed by atoms with Crippen LogP contribution in [0.25, 0.3) is 0 Å². The first-order valence-corrected chi connectivity index (χ1v) is 4.87. The maximum absolute atomic E-state index is 11.3. The van der Waals surface area contributed by atoms with Gasteiger partial charge in [0.25, 0.3) is 0 Å². The van der Waals surface area contributed by atoms with Crippen molar-refractivity contribution in [3.8, 4) is 0 Å². The van der Waals surface area contributed by atoms with Crippen molar-refractivity contribution in [2.45, 2.75) is 19.0 Å². The van der Waals surface area contributed by atoms with Crippen molar-refractivity contribution in [1.82, 2.24) is 5.32 Å². The molecule has 0 spiro atoms. The molecule has 0 aliphatic heterocycles. The van der Waals surface area contributed by atoms with Gasteiger partial charge in [0.2, 0.25) is 5.91 Å². The molecule has 1 unspecified atom stereocenters. The van der Waals surface area contributed by atoms with Crippen molar-refractivity contribution in [2.24, 2.45) is 5.73 Å². The Labute approximate surface area is 89.1 Å². The van der Waals surface area contributed by atoms with Crippen LogP contribution in [0.4, 0.5) is 0 Å². The van der Waals surface area contributed by atoms with Gasteiger partial charge in [-0.15, -0.1) is 0 Å². The van der Waals surface area contributed by atoms with Crippen molar-refractivity contribution in [1.29, 1.82) is 0 Å². The fourth-order valence-electron chi connectivity index (χ4n) is 1.22. The number of nitrogens with two attached hydrogens (primary N) is 1. The topological polar surface area (TPSA) is 75.4 Å². The molecule has 1 rings (SSSR count). The highest BCUT2D eigenvalue weighted by atomic mass is 16.3. The highest BCUT2D eigenvalue weighted by Gasteiger charge is 2.15. The lowest BCUT2D eigenvalue weighted by molar-refractivity contribution is -0.123. The number of hydrogen-bond donors (Lipinski definition) is 3. The maximum Gasteiger partial charge on any atom is 0.237 e. The van der Waals surface area contributed by atoms with Crippen molar-refractivity contribution in [3.05, 3.63) is 35.9 Å². The van der Waals surface area contributed by atoms with E-state index in [1.807, 2.05) is 30.3 Å². The van der Waals surface area contributed by atoms with Crippen LogP contribution in [-0.2, 0) is 4.79 Å². The molecule has 1 aromatic rings. The van der Waals surface area contributed by atoms with Gasteiger partial charge in [-0.25, -0.2) is 0 Å². The third-order valence-corrected chi connectivity index (χ3v) is 2.11. The third-order valence-electron chi connectivity index (χ3n) is 2.11. The quantitative estimate of drug-likeness (QED) is 0.661. The monoisotopic (exact) mass is 208 g/mol. The van der Waals surface area contributed by atoms with Gasteiger partial charge in [-0.05, 0) is 12.5 Å². The normalized spacial score (nSPS) is 14.3. The lowest BCUT2D eigenvalue weighted by Gasteiger charge is -2.17. The molecule has 0 saturated heterocycles. The minimum atomic E-state index is -0.567. The Kier molecular flexibility index (Phi) is 4.27. The van der Waals surface area contributed by atoms with Gasteiger partial charge >= 0.3 is 0 Å². The molecule has 0 aliphatic rings. The predicted molar refractivity (Wildman–Crippen MR) is 58.1 cm³/mol. The van der Waals surface area contributed by atoms with Crippen molar-refractivity contribution in [2.75, 3.05) is 6.61 Å². The first-order valence-electron chi connectivity index (χ1n) is 4.87. The number of carbonyl (C=O) groups is 1. The summed E-state index contributed by atoms with van der Waals surface area (Å²) >= 11 is 0. The molecule has 0 heterocycles. The zero-order chi connectivity index (χ0) is 11.3. The van der Waals surface area contributed by atoms with E-state index >= 15 is 0 Å². The standard InChI is InChI=1S/C11H16N2O2/c1-8(12)11(15)13-10(7-14)9-5-3-2-4-6-9/h2-6,8,10,14H,7,12H2,1H3,(H,13,15)/t8?,10-/m0/s1. The minimum Gasteiger partial charge on any atom is -0.394 e. The van der Waals surface area contributed by atoms with E-state index in [-0.39, 0.29) is 18.6 Å². The largest absolute Gasteiger partial charge is 0.394 e. The van der Waals surface area contributed by atoms with Gasteiger partial charge in [0.15, 0.2) is 0 Å². The number of benzene rings is 1. The highest BCUT2D eigenvalue weighted by Crippen LogP contribution is 2.11. The van der Waals surface area contributed by atoms with Crippen LogP contribution in [0.3, 0.4) is 0 Å². The number of carbonyl (C=O) groups excluding carboxylic acids is 1. The molecule has 0 radical (unpaired) electrons. The third kappa shape index (κ3) is 3.34. The SMILES string of the molecule is CC(N)C(=O)N[C@@H](CO)c1ccccc1. The summed E-state index contributed by atoms with van der Waals surface area (Å²) in [4.78, 5) is 11.3. The molecule has 1 amide bonds. The van der Waals surface area contributed by atoms with Crippen molar-refractivity contribution >= 4 is 5.91 Å². The number of aliphatic hydroxyl groups excluding tert-OH is 1. The second-order valence-corrected chi connectivity index (χ2v) is 3.44. The number of rotatable bonds is 4. The number of nitrogens with one attached hydrogen (secondary N) is 1. The first-order chi connectivity index (χ1) is 7.15. The van der Waals surface area contributed by atoms with E-state index in [1.54, 1.807) is 6.92 Å². The maximum atomic E-state index is 11.3. The van der Waals surface area contributed by atoms with Crippen LogP contribution in [0.2, 0.25) is 0 Å². The predicted octanol–water partition coefficient (Wildman–Crippen LogP) is 0.183. The Morgan fingerprint density at radius 2 is 2.07 bits per heavy atom. The molecular formula is C11H16N2O2. The zero-order valence-corrected chi connectivity index (χ0v) is 8.68. The van der Waals surface area contributed by atoms with Gasteiger partial charge in [-0.2, -0.15) is 0 Å². The van der Waals surface area contributed by atoms with Crippen LogP contribution in [0, 0.1) is 0 Å². The average molecular weight is 208 g/mol. The fourth-order valence-corrected chi connectivity index (χ4v) is 1.22. The lowest BCUT2D eigenvalue weighted by atomic mass is 10.1. The molecule has 4 nitrogen and oxygen atoms in total. The van der Waals surface area contributed by atoms with Crippen LogP contribution in [0.1, 0.15) is 18.5 Å². The van der Waals surface area contributed by atoms with Gasteiger partial charge < -0.3 is 16.2 Å². The summed E-state index contributed by atoms with van der Waals surface area (Å²) in [6.07, 6.45) is 0. The van der Waals surface area contributed by atoms with E-state index in [9.17, 15) is 4.79 Å². The average Bonchev–Trinajstić information content (AvgIpc) is 2.26. The molecule has 0 fully saturated rings. The van der Waals surface area contributed by atoms with Gasteiger partial charge in [-0.1, -0.05) is 30.3 Å². The Hall–Kier alpha value is -1.39. The second kappa shape index (κ2) is 5.48. The van der Waals surface area contributed by atoms with Gasteiger partial charge in [0.05, 0.1) is 18.7 Å². The molecule has 4 N–H and O–H groups in total. The van der Waals surface area contributed by atoms with Crippen LogP contribution in [-0.4, -0.2) is 23.7 Å². The van der Waals surface area contributed by atoms with Gasteiger partial charge in [-0.3, -0.25) is 4.79 Å². The summed E-state index contributed by atoms with van der Waals surface area (Å²) in [6, 6.07) is 8.34. The smallest absolute Gasteiger partial charge is 0.237 e. The van der Waals surface area contributed by atoms with E-state index in [4.69, 9.17) is 10.8 Å². The highest BCUT2D eigenvalue weighted by molar-refractivity contribution is 5.81. The fraction of sp³-hybridized carbons (Fsp3) is 0.364. The van der Waals surface area contributed by atoms with Gasteiger partial charge in [0.1, 0.15) is 0 Å². The van der Waals surface area contributed by atoms with Crippen molar-refractivity contribution in [3.63, 3.8) is 0 Å². The number of amides is 1. The number of hydrogen-bond acceptors (Lipinski definition) is 3. The molecule has 82 valence electrons. The molecular weight excluding hydrogens is 192 g/mol. The van der Waals surface area contributed by atoms with Crippen LogP contribution < -0.4 is 11.1 Å². The summed E-state index contributed by atoms with van der Waals surface area (Å²) in [6.45, 7) is 1.47. The van der Waals surface area contributed by atoms with Crippen LogP contribution in [0.15, 0.2) is 30.3 Å². The molecule has 1 aromatic carbocycles. The van der Waals surface area contributed by atoms with Crippen LogP contribution >= 0.6 is 0 Å². The van der Waals surface area contributed by atoms with Crippen LogP contribution in [0.5, 0.6) is 0 Å². The summed E-state index contributed by atoms with van der Waals surface area (Å²) < 4.78 is 0. The molecule has 4 heteroatoms. The Bertz CT molecular complexity index is 312. The first kappa shape index (κ1) is 11.7. The number of aliphatic hydroxyl groups is 1. The Morgan fingerprint density at radius 3 is 2.53 bits per heavy atom. The van der Waals surface area contributed by atoms with E-state index in [1.165, 1.54) is 0 Å². The summed E-state index contributed by atoms with van der Waals surface area (Å²) in [7, 11) is 0. The molecule has 0 aliphatic carbocycles. The van der Waals surface area contributed by atoms with Gasteiger partial charge in [0, 0.05) is 0 Å². The Morgan fingerprint density at radius 1 is 1.47 bits per heavy atom. The van der Waals surface area contributed by atoms with E-state index in [0.717, 1.165) is 5.56 Å². The zero-order valence-electron chi connectivity index (χ0n) is 8.68. The Balaban J connectivity index is 2.69. The summed E-state index contributed by atoms with van der Waals surface area (Å²) in [5.74, 6) is -0.266. The molecule has 0 bridgehead atoms.